The first-order valence-corrected chi connectivity index (χ1v) is 8.47. The number of rotatable bonds is 1. The maximum Gasteiger partial charge on any atom is 0.254 e. The number of aromatic nitrogens is 1. The molecule has 1 aliphatic carbocycles. The van der Waals surface area contributed by atoms with Crippen LogP contribution in [0.25, 0.3) is 0 Å². The van der Waals surface area contributed by atoms with Gasteiger partial charge in [0.05, 0.1) is 12.0 Å². The third kappa shape index (κ3) is 3.46. The quantitative estimate of drug-likeness (QED) is 0.867. The van der Waals surface area contributed by atoms with E-state index in [1.807, 2.05) is 11.6 Å². The second kappa shape index (κ2) is 6.05. The highest BCUT2D eigenvalue weighted by molar-refractivity contribution is 7.09. The molecule has 0 saturated heterocycles. The first-order chi connectivity index (χ1) is 9.71. The van der Waals surface area contributed by atoms with E-state index in [0.29, 0.717) is 0 Å². The number of nitrogens with zero attached hydrogens (tertiary/aromatic N) is 2. The Labute approximate surface area is 130 Å². The third-order valence-electron chi connectivity index (χ3n) is 4.25. The first kappa shape index (κ1) is 16.4. The Morgan fingerprint density at radius 2 is 1.95 bits per heavy atom. The lowest BCUT2D eigenvalue weighted by Crippen LogP contribution is -2.31. The molecular formula is C16H26N2O2S. The Kier molecular flexibility index (Phi) is 4.73. The van der Waals surface area contributed by atoms with E-state index in [2.05, 4.69) is 32.7 Å². The van der Waals surface area contributed by atoms with Crippen molar-refractivity contribution in [3.8, 4) is 0 Å². The van der Waals surface area contributed by atoms with Crippen LogP contribution in [-0.4, -0.2) is 21.7 Å². The molecule has 118 valence electrons. The molecule has 2 unspecified atom stereocenters. The summed E-state index contributed by atoms with van der Waals surface area (Å²) in [6.07, 6.45) is 2.96. The van der Waals surface area contributed by atoms with Crippen LogP contribution in [0.3, 0.4) is 0 Å². The summed E-state index contributed by atoms with van der Waals surface area (Å²) in [5, 5.41) is 9.99. The molecule has 0 bridgehead atoms. The van der Waals surface area contributed by atoms with Gasteiger partial charge in [0.15, 0.2) is 4.80 Å². The molecule has 1 saturated carbocycles. The highest BCUT2D eigenvalue weighted by atomic mass is 32.1. The van der Waals surface area contributed by atoms with Gasteiger partial charge >= 0.3 is 0 Å². The fourth-order valence-corrected chi connectivity index (χ4v) is 4.08. The van der Waals surface area contributed by atoms with E-state index in [9.17, 15) is 9.90 Å². The molecule has 2 atom stereocenters. The molecular weight excluding hydrogens is 284 g/mol. The van der Waals surface area contributed by atoms with Crippen molar-refractivity contribution < 1.29 is 9.90 Å². The Morgan fingerprint density at radius 1 is 1.33 bits per heavy atom. The monoisotopic (exact) mass is 310 g/mol. The number of carbonyl (C=O) groups excluding carboxylic acids is 1. The highest BCUT2D eigenvalue weighted by Crippen LogP contribution is 2.28. The lowest BCUT2D eigenvalue weighted by Gasteiger charge is -2.24. The number of hydrogen-bond acceptors (Lipinski definition) is 3. The van der Waals surface area contributed by atoms with Crippen molar-refractivity contribution in [2.75, 3.05) is 0 Å². The molecule has 0 radical (unpaired) electrons. The van der Waals surface area contributed by atoms with Gasteiger partial charge in [-0.2, -0.15) is 4.99 Å². The average molecular weight is 310 g/mol. The summed E-state index contributed by atoms with van der Waals surface area (Å²) in [6.45, 7) is 8.57. The molecule has 1 fully saturated rings. The van der Waals surface area contributed by atoms with Crippen LogP contribution in [0.2, 0.25) is 0 Å². The molecule has 0 aromatic carbocycles. The number of hydrogen-bond donors (Lipinski definition) is 1. The number of aliphatic hydroxyl groups is 1. The summed E-state index contributed by atoms with van der Waals surface area (Å²) in [6, 6.07) is 0. The largest absolute Gasteiger partial charge is 0.392 e. The Morgan fingerprint density at radius 3 is 2.48 bits per heavy atom. The van der Waals surface area contributed by atoms with Crippen molar-refractivity contribution in [2.24, 2.45) is 18.0 Å². The normalized spacial score (nSPS) is 24.4. The minimum Gasteiger partial charge on any atom is -0.392 e. The molecule has 1 aliphatic rings. The first-order valence-electron chi connectivity index (χ1n) is 7.65. The van der Waals surface area contributed by atoms with Crippen LogP contribution < -0.4 is 4.80 Å². The number of carbonyl (C=O) groups is 1. The van der Waals surface area contributed by atoms with Gasteiger partial charge in [-0.15, -0.1) is 11.3 Å². The van der Waals surface area contributed by atoms with Crippen molar-refractivity contribution in [1.82, 2.24) is 4.57 Å². The summed E-state index contributed by atoms with van der Waals surface area (Å²) in [7, 11) is 1.95. The van der Waals surface area contributed by atoms with Crippen molar-refractivity contribution >= 4 is 17.2 Å². The SMILES string of the molecule is Cc1c(C(C)(C)C)sc(=NC(=O)C2CCCCC2O)n1C. The molecule has 4 nitrogen and oxygen atoms in total. The van der Waals surface area contributed by atoms with Crippen LogP contribution in [0, 0.1) is 12.8 Å². The van der Waals surface area contributed by atoms with Crippen LogP contribution in [0.15, 0.2) is 4.99 Å². The molecule has 2 rings (SSSR count). The molecule has 1 amide bonds. The Balaban J connectivity index is 2.35. The second-order valence-electron chi connectivity index (χ2n) is 7.02. The maximum absolute atomic E-state index is 12.4. The molecule has 1 aromatic heterocycles. The molecule has 1 N–H and O–H groups in total. The molecule has 5 heteroatoms. The lowest BCUT2D eigenvalue weighted by atomic mass is 9.86. The standard InChI is InChI=1S/C16H26N2O2S/c1-10-13(16(2,3)4)21-15(18(10)5)17-14(20)11-8-6-7-9-12(11)19/h11-12,19H,6-9H2,1-5H3. The molecule has 0 spiro atoms. The van der Waals surface area contributed by atoms with E-state index in [1.165, 1.54) is 4.88 Å². The van der Waals surface area contributed by atoms with E-state index in [4.69, 9.17) is 0 Å². The summed E-state index contributed by atoms with van der Waals surface area (Å²) < 4.78 is 1.98. The zero-order valence-corrected chi connectivity index (χ0v) is 14.5. The molecule has 1 heterocycles. The van der Waals surface area contributed by atoms with Crippen molar-refractivity contribution in [1.29, 1.82) is 0 Å². The van der Waals surface area contributed by atoms with Gasteiger partial charge < -0.3 is 9.67 Å². The summed E-state index contributed by atoms with van der Waals surface area (Å²) in [5.41, 5.74) is 1.21. The van der Waals surface area contributed by atoms with Gasteiger partial charge in [0.1, 0.15) is 0 Å². The Bertz CT molecular complexity index is 592. The lowest BCUT2D eigenvalue weighted by molar-refractivity contribution is -0.126. The van der Waals surface area contributed by atoms with Gasteiger partial charge in [-0.1, -0.05) is 33.6 Å². The fourth-order valence-electron chi connectivity index (χ4n) is 2.90. The van der Waals surface area contributed by atoms with E-state index in [0.717, 1.165) is 36.2 Å². The third-order valence-corrected chi connectivity index (χ3v) is 5.91. The predicted octanol–water partition coefficient (Wildman–Crippen LogP) is 2.67. The van der Waals surface area contributed by atoms with Gasteiger partial charge in [-0.25, -0.2) is 0 Å². The van der Waals surface area contributed by atoms with Crippen molar-refractivity contribution in [3.05, 3.63) is 15.4 Å². The molecule has 1 aromatic rings. The van der Waals surface area contributed by atoms with Crippen molar-refractivity contribution in [2.45, 2.75) is 64.9 Å². The molecule has 0 aliphatic heterocycles. The van der Waals surface area contributed by atoms with Crippen LogP contribution in [-0.2, 0) is 17.3 Å². The second-order valence-corrected chi connectivity index (χ2v) is 7.99. The minimum atomic E-state index is -0.525. The van der Waals surface area contributed by atoms with Crippen LogP contribution in [0.5, 0.6) is 0 Å². The van der Waals surface area contributed by atoms with Crippen molar-refractivity contribution in [3.63, 3.8) is 0 Å². The van der Waals surface area contributed by atoms with Crippen LogP contribution >= 0.6 is 11.3 Å². The Hall–Kier alpha value is -0.940. The molecule has 21 heavy (non-hydrogen) atoms. The van der Waals surface area contributed by atoms with Gasteiger partial charge in [-0.05, 0) is 25.2 Å². The maximum atomic E-state index is 12.4. The highest BCUT2D eigenvalue weighted by Gasteiger charge is 2.29. The summed E-state index contributed by atoms with van der Waals surface area (Å²) in [4.78, 5) is 18.7. The summed E-state index contributed by atoms with van der Waals surface area (Å²) >= 11 is 1.58. The van der Waals surface area contributed by atoms with Gasteiger partial charge in [0.2, 0.25) is 0 Å². The number of thiazole rings is 1. The average Bonchev–Trinajstić information content (AvgIpc) is 2.67. The zero-order valence-electron chi connectivity index (χ0n) is 13.6. The fraction of sp³-hybridized carbons (Fsp3) is 0.750. The van der Waals surface area contributed by atoms with E-state index in [-0.39, 0.29) is 17.2 Å². The smallest absolute Gasteiger partial charge is 0.254 e. The topological polar surface area (TPSA) is 54.6 Å². The van der Waals surface area contributed by atoms with Crippen LogP contribution in [0.1, 0.15) is 57.0 Å². The number of aliphatic hydroxyl groups excluding tert-OH is 1. The van der Waals surface area contributed by atoms with Gasteiger partial charge in [-0.3, -0.25) is 4.79 Å². The predicted molar refractivity (Wildman–Crippen MR) is 85.3 cm³/mol. The van der Waals surface area contributed by atoms with Gasteiger partial charge in [0.25, 0.3) is 5.91 Å². The van der Waals surface area contributed by atoms with E-state index in [1.54, 1.807) is 11.3 Å². The zero-order chi connectivity index (χ0) is 15.8. The minimum absolute atomic E-state index is 0.0493. The number of amides is 1. The van der Waals surface area contributed by atoms with E-state index < -0.39 is 6.10 Å². The van der Waals surface area contributed by atoms with Crippen LogP contribution in [0.4, 0.5) is 0 Å². The summed E-state index contributed by atoms with van der Waals surface area (Å²) in [5.74, 6) is -0.487. The van der Waals surface area contributed by atoms with E-state index >= 15 is 0 Å². The van der Waals surface area contributed by atoms with Gasteiger partial charge in [0, 0.05) is 17.6 Å².